The molecule has 2 bridgehead atoms. The summed E-state index contributed by atoms with van der Waals surface area (Å²) >= 11 is 6.10. The Morgan fingerprint density at radius 1 is 1.19 bits per heavy atom. The van der Waals surface area contributed by atoms with E-state index in [2.05, 4.69) is 28.0 Å². The number of fused-ring (bicyclic) bond motifs is 3. The van der Waals surface area contributed by atoms with Gasteiger partial charge in [-0.3, -0.25) is 0 Å². The third-order valence-corrected chi connectivity index (χ3v) is 5.48. The first-order valence-electron chi connectivity index (χ1n) is 7.84. The molecular weight excluding hydrogens is 282 g/mol. The number of benzene rings is 1. The van der Waals surface area contributed by atoms with E-state index >= 15 is 0 Å². The lowest BCUT2D eigenvalue weighted by atomic mass is 9.88. The van der Waals surface area contributed by atoms with Gasteiger partial charge in [0.25, 0.3) is 0 Å². The number of rotatable bonds is 3. The molecule has 0 spiro atoms. The molecule has 4 heteroatoms. The topological polar surface area (TPSA) is 29.0 Å². The molecule has 3 atom stereocenters. The second-order valence-corrected chi connectivity index (χ2v) is 6.99. The van der Waals surface area contributed by atoms with Crippen molar-refractivity contribution < 1.29 is 0 Å². The maximum Gasteiger partial charge on any atom is 0.224 e. The fourth-order valence-corrected chi connectivity index (χ4v) is 4.53. The second-order valence-electron chi connectivity index (χ2n) is 6.65. The average Bonchev–Trinajstić information content (AvgIpc) is 3.08. The minimum atomic E-state index is 0.337. The highest BCUT2D eigenvalue weighted by molar-refractivity contribution is 6.28. The van der Waals surface area contributed by atoms with Crippen molar-refractivity contribution in [2.45, 2.75) is 25.7 Å². The molecule has 3 unspecified atom stereocenters. The molecular formula is C17H20ClN3. The first kappa shape index (κ1) is 13.3. The van der Waals surface area contributed by atoms with Gasteiger partial charge in [0.2, 0.25) is 5.28 Å². The molecule has 2 aliphatic rings. The Labute approximate surface area is 130 Å². The van der Waals surface area contributed by atoms with Gasteiger partial charge in [0.05, 0.1) is 5.52 Å². The van der Waals surface area contributed by atoms with E-state index in [1.165, 1.54) is 25.7 Å². The summed E-state index contributed by atoms with van der Waals surface area (Å²) in [6, 6.07) is 8.11. The highest BCUT2D eigenvalue weighted by atomic mass is 35.5. The summed E-state index contributed by atoms with van der Waals surface area (Å²) in [7, 11) is 2.14. The number of hydrogen-bond donors (Lipinski definition) is 0. The molecule has 110 valence electrons. The summed E-state index contributed by atoms with van der Waals surface area (Å²) in [6.45, 7) is 1.08. The Hall–Kier alpha value is -1.35. The lowest BCUT2D eigenvalue weighted by Gasteiger charge is -2.28. The Balaban J connectivity index is 1.63. The van der Waals surface area contributed by atoms with Crippen LogP contribution in [0, 0.1) is 17.8 Å². The summed E-state index contributed by atoms with van der Waals surface area (Å²) in [5.74, 6) is 3.70. The van der Waals surface area contributed by atoms with Crippen LogP contribution in [0.15, 0.2) is 24.3 Å². The third kappa shape index (κ3) is 2.38. The normalized spacial score (nSPS) is 27.4. The quantitative estimate of drug-likeness (QED) is 0.797. The number of hydrogen-bond acceptors (Lipinski definition) is 3. The van der Waals surface area contributed by atoms with Crippen LogP contribution < -0.4 is 4.90 Å². The van der Waals surface area contributed by atoms with Crippen LogP contribution in [-0.2, 0) is 0 Å². The van der Waals surface area contributed by atoms with Gasteiger partial charge < -0.3 is 4.90 Å². The van der Waals surface area contributed by atoms with Gasteiger partial charge in [0.1, 0.15) is 5.82 Å². The Bertz CT molecular complexity index is 672. The maximum atomic E-state index is 6.10. The monoisotopic (exact) mass is 301 g/mol. The number of para-hydroxylation sites is 1. The van der Waals surface area contributed by atoms with E-state index in [0.29, 0.717) is 5.28 Å². The molecule has 2 aliphatic carbocycles. The Morgan fingerprint density at radius 3 is 2.81 bits per heavy atom. The smallest absolute Gasteiger partial charge is 0.224 e. The van der Waals surface area contributed by atoms with Crippen LogP contribution >= 0.6 is 11.6 Å². The largest absolute Gasteiger partial charge is 0.359 e. The minimum absolute atomic E-state index is 0.337. The average molecular weight is 302 g/mol. The SMILES string of the molecule is CN(CC1CC2CCC1C2)c1nc(Cl)nc2ccccc12. The molecule has 0 radical (unpaired) electrons. The summed E-state index contributed by atoms with van der Waals surface area (Å²) < 4.78 is 0. The van der Waals surface area contributed by atoms with Crippen LogP contribution in [-0.4, -0.2) is 23.6 Å². The molecule has 2 saturated carbocycles. The van der Waals surface area contributed by atoms with Crippen molar-refractivity contribution in [1.82, 2.24) is 9.97 Å². The van der Waals surface area contributed by atoms with Crippen molar-refractivity contribution in [2.24, 2.45) is 17.8 Å². The van der Waals surface area contributed by atoms with E-state index in [1.54, 1.807) is 0 Å². The molecule has 0 aliphatic heterocycles. The first-order chi connectivity index (χ1) is 10.2. The second kappa shape index (κ2) is 5.13. The van der Waals surface area contributed by atoms with Crippen molar-refractivity contribution in [1.29, 1.82) is 0 Å². The van der Waals surface area contributed by atoms with Crippen molar-refractivity contribution in [3.8, 4) is 0 Å². The lowest BCUT2D eigenvalue weighted by Crippen LogP contribution is -2.29. The number of aromatic nitrogens is 2. The zero-order valence-corrected chi connectivity index (χ0v) is 13.1. The molecule has 1 aromatic carbocycles. The predicted molar refractivity (Wildman–Crippen MR) is 86.8 cm³/mol. The van der Waals surface area contributed by atoms with Crippen LogP contribution in [0.3, 0.4) is 0 Å². The van der Waals surface area contributed by atoms with Crippen molar-refractivity contribution >= 4 is 28.3 Å². The van der Waals surface area contributed by atoms with Crippen LogP contribution in [0.4, 0.5) is 5.82 Å². The van der Waals surface area contributed by atoms with Crippen LogP contribution in [0.5, 0.6) is 0 Å². The zero-order chi connectivity index (χ0) is 14.4. The van der Waals surface area contributed by atoms with E-state index in [1.807, 2.05) is 18.2 Å². The van der Waals surface area contributed by atoms with Gasteiger partial charge in [-0.25, -0.2) is 4.98 Å². The molecule has 0 saturated heterocycles. The van der Waals surface area contributed by atoms with Gasteiger partial charge >= 0.3 is 0 Å². The summed E-state index contributed by atoms with van der Waals surface area (Å²) in [4.78, 5) is 11.1. The van der Waals surface area contributed by atoms with Gasteiger partial charge in [0, 0.05) is 19.0 Å². The molecule has 2 aromatic rings. The molecule has 1 heterocycles. The van der Waals surface area contributed by atoms with E-state index < -0.39 is 0 Å². The lowest BCUT2D eigenvalue weighted by molar-refractivity contribution is 0.337. The molecule has 1 aromatic heterocycles. The fourth-order valence-electron chi connectivity index (χ4n) is 4.36. The van der Waals surface area contributed by atoms with Crippen molar-refractivity contribution in [2.75, 3.05) is 18.5 Å². The predicted octanol–water partition coefficient (Wildman–Crippen LogP) is 4.16. The first-order valence-corrected chi connectivity index (χ1v) is 8.22. The number of anilines is 1. The molecule has 3 nitrogen and oxygen atoms in total. The summed E-state index contributed by atoms with van der Waals surface area (Å²) in [5, 5.41) is 1.43. The standard InChI is InChI=1S/C17H20ClN3/c1-21(10-13-9-11-6-7-12(13)8-11)16-14-4-2-3-5-15(14)19-17(18)20-16/h2-5,11-13H,6-10H2,1H3. The summed E-state index contributed by atoms with van der Waals surface area (Å²) in [6.07, 6.45) is 5.72. The molecule has 4 rings (SSSR count). The van der Waals surface area contributed by atoms with Gasteiger partial charge in [-0.15, -0.1) is 0 Å². The summed E-state index contributed by atoms with van der Waals surface area (Å²) in [5.41, 5.74) is 0.923. The van der Waals surface area contributed by atoms with Gasteiger partial charge in [0.15, 0.2) is 0 Å². The minimum Gasteiger partial charge on any atom is -0.359 e. The maximum absolute atomic E-state index is 6.10. The highest BCUT2D eigenvalue weighted by Crippen LogP contribution is 2.48. The fraction of sp³-hybridized carbons (Fsp3) is 0.529. The van der Waals surface area contributed by atoms with Crippen LogP contribution in [0.25, 0.3) is 10.9 Å². The zero-order valence-electron chi connectivity index (χ0n) is 12.3. The Kier molecular flexibility index (Phi) is 3.26. The van der Waals surface area contributed by atoms with Gasteiger partial charge in [-0.05, 0) is 60.7 Å². The molecule has 21 heavy (non-hydrogen) atoms. The number of nitrogens with zero attached hydrogens (tertiary/aromatic N) is 3. The van der Waals surface area contributed by atoms with Crippen molar-refractivity contribution in [3.63, 3.8) is 0 Å². The van der Waals surface area contributed by atoms with Crippen molar-refractivity contribution in [3.05, 3.63) is 29.5 Å². The van der Waals surface area contributed by atoms with E-state index in [4.69, 9.17) is 11.6 Å². The van der Waals surface area contributed by atoms with Gasteiger partial charge in [-0.1, -0.05) is 18.6 Å². The van der Waals surface area contributed by atoms with E-state index in [9.17, 15) is 0 Å². The highest BCUT2D eigenvalue weighted by Gasteiger charge is 2.39. The molecule has 2 fully saturated rings. The molecule has 0 N–H and O–H groups in total. The number of halogens is 1. The van der Waals surface area contributed by atoms with Gasteiger partial charge in [-0.2, -0.15) is 4.98 Å². The molecule has 0 amide bonds. The Morgan fingerprint density at radius 2 is 2.05 bits per heavy atom. The van der Waals surface area contributed by atoms with Crippen LogP contribution in [0.2, 0.25) is 5.28 Å². The van der Waals surface area contributed by atoms with E-state index in [-0.39, 0.29) is 0 Å². The van der Waals surface area contributed by atoms with Crippen LogP contribution in [0.1, 0.15) is 25.7 Å². The van der Waals surface area contributed by atoms with E-state index in [0.717, 1.165) is 41.0 Å². The third-order valence-electron chi connectivity index (χ3n) is 5.31.